The molecule has 0 radical (unpaired) electrons. The van der Waals surface area contributed by atoms with E-state index in [2.05, 4.69) is 37.1 Å². The number of likely N-dealkylation sites (tertiary alicyclic amines) is 1. The number of aryl methyl sites for hydroxylation is 3. The number of hydrogen-bond acceptors (Lipinski definition) is 2. The molecule has 5 heteroatoms. The molecule has 24 heavy (non-hydrogen) atoms. The van der Waals surface area contributed by atoms with Crippen molar-refractivity contribution in [2.45, 2.75) is 53.1 Å². The summed E-state index contributed by atoms with van der Waals surface area (Å²) in [4.78, 5) is 14.9. The van der Waals surface area contributed by atoms with Gasteiger partial charge in [0.15, 0.2) is 0 Å². The van der Waals surface area contributed by atoms with E-state index in [-0.39, 0.29) is 18.5 Å². The number of rotatable bonds is 3. The van der Waals surface area contributed by atoms with Gasteiger partial charge >= 0.3 is 0 Å². The second-order valence-electron chi connectivity index (χ2n) is 6.81. The predicted octanol–water partition coefficient (Wildman–Crippen LogP) is 4.13. The van der Waals surface area contributed by atoms with Crippen LogP contribution in [0.25, 0.3) is 0 Å². The molecule has 1 amide bonds. The van der Waals surface area contributed by atoms with Crippen LogP contribution >= 0.6 is 11.6 Å². The van der Waals surface area contributed by atoms with Gasteiger partial charge in [-0.15, -0.1) is 0 Å². The van der Waals surface area contributed by atoms with Crippen molar-refractivity contribution in [2.75, 3.05) is 6.54 Å². The summed E-state index contributed by atoms with van der Waals surface area (Å²) in [7, 11) is 0. The lowest BCUT2D eigenvalue weighted by molar-refractivity contribution is -0.133. The smallest absolute Gasteiger partial charge is 0.244 e. The lowest BCUT2D eigenvalue weighted by Crippen LogP contribution is -2.34. The molecule has 0 aliphatic carbocycles. The van der Waals surface area contributed by atoms with Crippen LogP contribution < -0.4 is 0 Å². The fourth-order valence-electron chi connectivity index (χ4n) is 3.66. The molecule has 1 aliphatic heterocycles. The van der Waals surface area contributed by atoms with Crippen molar-refractivity contribution >= 4 is 17.5 Å². The molecule has 3 rings (SSSR count). The Hall–Kier alpha value is -1.81. The molecule has 0 saturated carbocycles. The van der Waals surface area contributed by atoms with Crippen LogP contribution in [0.15, 0.2) is 18.2 Å². The summed E-state index contributed by atoms with van der Waals surface area (Å²) < 4.78 is 1.72. The molecule has 0 spiro atoms. The topological polar surface area (TPSA) is 38.1 Å². The van der Waals surface area contributed by atoms with Gasteiger partial charge in [-0.3, -0.25) is 9.48 Å². The van der Waals surface area contributed by atoms with E-state index in [0.29, 0.717) is 5.02 Å². The first-order valence-corrected chi connectivity index (χ1v) is 8.82. The molecule has 0 N–H and O–H groups in total. The number of hydrogen-bond donors (Lipinski definition) is 0. The van der Waals surface area contributed by atoms with Crippen molar-refractivity contribution in [2.24, 2.45) is 0 Å². The van der Waals surface area contributed by atoms with Crippen LogP contribution in [0.5, 0.6) is 0 Å². The SMILES string of the molecule is Cc1cc(C)cc(C2CCCN2C(=O)Cn2nc(C)c(Cl)c2C)c1. The monoisotopic (exact) mass is 345 g/mol. The molecule has 1 aromatic carbocycles. The van der Waals surface area contributed by atoms with E-state index in [1.54, 1.807) is 4.68 Å². The van der Waals surface area contributed by atoms with E-state index < -0.39 is 0 Å². The molecule has 1 aromatic heterocycles. The molecule has 1 fully saturated rings. The van der Waals surface area contributed by atoms with Gasteiger partial charge in [0, 0.05) is 6.54 Å². The van der Waals surface area contributed by atoms with E-state index in [1.165, 1.54) is 16.7 Å². The number of halogens is 1. The highest BCUT2D eigenvalue weighted by atomic mass is 35.5. The molecule has 2 aromatic rings. The lowest BCUT2D eigenvalue weighted by Gasteiger charge is -2.26. The Kier molecular flexibility index (Phi) is 4.68. The van der Waals surface area contributed by atoms with E-state index in [0.717, 1.165) is 30.8 Å². The van der Waals surface area contributed by atoms with E-state index in [1.807, 2.05) is 18.7 Å². The van der Waals surface area contributed by atoms with E-state index in [4.69, 9.17) is 11.6 Å². The minimum Gasteiger partial charge on any atom is -0.334 e. The minimum atomic E-state index is 0.110. The summed E-state index contributed by atoms with van der Waals surface area (Å²) in [5.74, 6) is 0.110. The number of benzene rings is 1. The Morgan fingerprint density at radius 1 is 1.21 bits per heavy atom. The Balaban J connectivity index is 1.82. The van der Waals surface area contributed by atoms with Gasteiger partial charge in [0.05, 0.1) is 22.5 Å². The summed E-state index contributed by atoms with van der Waals surface area (Å²) in [6.07, 6.45) is 2.06. The van der Waals surface area contributed by atoms with Gasteiger partial charge in [-0.05, 0) is 46.1 Å². The molecule has 4 nitrogen and oxygen atoms in total. The van der Waals surface area contributed by atoms with Gasteiger partial charge in [-0.25, -0.2) is 0 Å². The van der Waals surface area contributed by atoms with Gasteiger partial charge < -0.3 is 4.90 Å². The van der Waals surface area contributed by atoms with E-state index in [9.17, 15) is 4.79 Å². The molecule has 1 unspecified atom stereocenters. The largest absolute Gasteiger partial charge is 0.334 e. The molecule has 2 heterocycles. The van der Waals surface area contributed by atoms with Crippen molar-refractivity contribution in [1.82, 2.24) is 14.7 Å². The number of amides is 1. The third-order valence-electron chi connectivity index (χ3n) is 4.78. The highest BCUT2D eigenvalue weighted by Gasteiger charge is 2.30. The van der Waals surface area contributed by atoms with Crippen LogP contribution in [-0.2, 0) is 11.3 Å². The average Bonchev–Trinajstić information content (AvgIpc) is 3.08. The first kappa shape index (κ1) is 17.0. The Morgan fingerprint density at radius 3 is 2.46 bits per heavy atom. The normalized spacial score (nSPS) is 17.5. The van der Waals surface area contributed by atoms with Gasteiger partial charge in [0.25, 0.3) is 0 Å². The van der Waals surface area contributed by atoms with Crippen molar-refractivity contribution in [3.05, 3.63) is 51.3 Å². The molecular weight excluding hydrogens is 322 g/mol. The number of carbonyl (C=O) groups is 1. The summed E-state index contributed by atoms with van der Waals surface area (Å²) in [6, 6.07) is 6.73. The average molecular weight is 346 g/mol. The van der Waals surface area contributed by atoms with Crippen molar-refractivity contribution in [3.63, 3.8) is 0 Å². The molecule has 1 atom stereocenters. The quantitative estimate of drug-likeness (QED) is 0.838. The maximum absolute atomic E-state index is 12.9. The first-order valence-electron chi connectivity index (χ1n) is 8.44. The van der Waals surface area contributed by atoms with E-state index >= 15 is 0 Å². The van der Waals surface area contributed by atoms with Crippen LogP contribution in [0.1, 0.15) is 47.0 Å². The third-order valence-corrected chi connectivity index (χ3v) is 5.33. The second kappa shape index (κ2) is 6.60. The lowest BCUT2D eigenvalue weighted by atomic mass is 9.99. The maximum Gasteiger partial charge on any atom is 0.244 e. The zero-order chi connectivity index (χ0) is 17.4. The van der Waals surface area contributed by atoms with Crippen LogP contribution in [0.3, 0.4) is 0 Å². The summed E-state index contributed by atoms with van der Waals surface area (Å²) in [6.45, 7) is 9.04. The highest BCUT2D eigenvalue weighted by Crippen LogP contribution is 2.33. The number of carbonyl (C=O) groups excluding carboxylic acids is 1. The van der Waals surface area contributed by atoms with Gasteiger partial charge in [0.1, 0.15) is 6.54 Å². The second-order valence-corrected chi connectivity index (χ2v) is 7.19. The third kappa shape index (κ3) is 3.20. The van der Waals surface area contributed by atoms with Crippen LogP contribution in [0, 0.1) is 27.7 Å². The number of nitrogens with zero attached hydrogens (tertiary/aromatic N) is 3. The maximum atomic E-state index is 12.9. The highest BCUT2D eigenvalue weighted by molar-refractivity contribution is 6.31. The number of aromatic nitrogens is 2. The Bertz CT molecular complexity index is 761. The van der Waals surface area contributed by atoms with Crippen LogP contribution in [-0.4, -0.2) is 27.1 Å². The molecule has 128 valence electrons. The van der Waals surface area contributed by atoms with Crippen LogP contribution in [0.2, 0.25) is 5.02 Å². The standard InChI is InChI=1S/C19H24ClN3O/c1-12-8-13(2)10-16(9-12)17-6-5-7-22(17)18(24)11-23-15(4)19(20)14(3)21-23/h8-10,17H,5-7,11H2,1-4H3. The summed E-state index contributed by atoms with van der Waals surface area (Å²) >= 11 is 6.19. The Morgan fingerprint density at radius 2 is 1.88 bits per heavy atom. The van der Waals surface area contributed by atoms with Gasteiger partial charge in [-0.2, -0.15) is 5.10 Å². The van der Waals surface area contributed by atoms with Gasteiger partial charge in [0.2, 0.25) is 5.91 Å². The van der Waals surface area contributed by atoms with Crippen molar-refractivity contribution < 1.29 is 4.79 Å². The minimum absolute atomic E-state index is 0.110. The fraction of sp³-hybridized carbons (Fsp3) is 0.474. The molecular formula is C19H24ClN3O. The molecule has 1 aliphatic rings. The predicted molar refractivity (Wildman–Crippen MR) is 96.3 cm³/mol. The first-order chi connectivity index (χ1) is 11.4. The summed E-state index contributed by atoms with van der Waals surface area (Å²) in [5.41, 5.74) is 5.35. The molecule has 1 saturated heterocycles. The summed E-state index contributed by atoms with van der Waals surface area (Å²) in [5, 5.41) is 5.03. The van der Waals surface area contributed by atoms with Crippen molar-refractivity contribution in [1.29, 1.82) is 0 Å². The van der Waals surface area contributed by atoms with Crippen molar-refractivity contribution in [3.8, 4) is 0 Å². The van der Waals surface area contributed by atoms with Crippen LogP contribution in [0.4, 0.5) is 0 Å². The zero-order valence-corrected chi connectivity index (χ0v) is 15.5. The molecule has 0 bridgehead atoms. The van der Waals surface area contributed by atoms with Gasteiger partial charge in [-0.1, -0.05) is 40.9 Å². The Labute approximate surface area is 148 Å². The fourth-order valence-corrected chi connectivity index (χ4v) is 3.80. The zero-order valence-electron chi connectivity index (χ0n) is 14.8.